The SMILES string of the molecule is Cc1cn([C@H]2C[C@H](OP(=O)(O)OC[C@H]3O[C@@H](n4cc(C)c(=O)[nH]c4=O)C[C@@H]3OP(=O)(O)OC[C@H]3O[C@@H](n4cc(C)c(=O)[nH]c4=O)C[C@@H]3O)[C@@H](COP(=O)(O)O)O2)c(=O)[nH]c1=O. The summed E-state index contributed by atoms with van der Waals surface area (Å²) in [6.45, 7) is 1.52. The maximum absolute atomic E-state index is 13.4. The molecule has 0 bridgehead atoms. The lowest BCUT2D eigenvalue weighted by Gasteiger charge is -2.24. The lowest BCUT2D eigenvalue weighted by molar-refractivity contribution is -0.0617. The highest BCUT2D eigenvalue weighted by molar-refractivity contribution is 7.47. The molecule has 8 N–H and O–H groups in total. The Balaban J connectivity index is 1.16. The predicted octanol–water partition coefficient (Wildman–Crippen LogP) is -2.10. The molecule has 61 heavy (non-hydrogen) atoms. The molecule has 31 heteroatoms. The first-order chi connectivity index (χ1) is 28.4. The largest absolute Gasteiger partial charge is 0.472 e. The number of aliphatic hydroxyl groups is 1. The molecule has 0 radical (unpaired) electrons. The third-order valence-electron chi connectivity index (χ3n) is 9.68. The van der Waals surface area contributed by atoms with Crippen LogP contribution in [0.4, 0.5) is 0 Å². The van der Waals surface area contributed by atoms with Gasteiger partial charge in [0.2, 0.25) is 0 Å². The Morgan fingerprint density at radius 2 is 0.902 bits per heavy atom. The van der Waals surface area contributed by atoms with Crippen molar-refractivity contribution in [3.63, 3.8) is 0 Å². The van der Waals surface area contributed by atoms with Gasteiger partial charge in [-0.15, -0.1) is 0 Å². The summed E-state index contributed by atoms with van der Waals surface area (Å²) in [4.78, 5) is 120. The van der Waals surface area contributed by atoms with Crippen molar-refractivity contribution in [1.82, 2.24) is 28.7 Å². The molecular weight excluding hydrogens is 889 g/mol. The standard InChI is InChI=1S/C30H41N6O22P3/c1-13-7-34(28(41)31-25(13)38)22-4-16(37)19(54-22)10-52-60(47,48)58-18-6-24(36-9-15(3)27(40)33-30(36)43)56-21(18)12-53-61(49,50)57-17-5-23(55-20(17)11-51-59(44,45)46)35-8-14(2)26(39)32-29(35)42/h7-9,16-24,37H,4-6,10-12H2,1-3H3,(H,47,48)(H,49,50)(H,31,38,41)(H,32,39,42)(H,33,40,43)(H2,44,45,46)/t16-,17-,18-,19+,20+,21+,22+,23+,24+/m0/s1. The second-order valence-corrected chi connectivity index (χ2v) is 18.3. The summed E-state index contributed by atoms with van der Waals surface area (Å²) in [6.07, 6.45) is -10.2. The highest BCUT2D eigenvalue weighted by atomic mass is 31.2. The van der Waals surface area contributed by atoms with Crippen molar-refractivity contribution in [3.05, 3.63) is 97.8 Å². The van der Waals surface area contributed by atoms with Crippen LogP contribution < -0.4 is 33.7 Å². The van der Waals surface area contributed by atoms with Crippen LogP contribution in [0, 0.1) is 20.8 Å². The zero-order chi connectivity index (χ0) is 44.8. The van der Waals surface area contributed by atoms with Crippen molar-refractivity contribution in [2.24, 2.45) is 0 Å². The number of nitrogens with one attached hydrogen (secondary N) is 3. The zero-order valence-electron chi connectivity index (χ0n) is 32.0. The van der Waals surface area contributed by atoms with Gasteiger partial charge < -0.3 is 38.9 Å². The van der Waals surface area contributed by atoms with Gasteiger partial charge in [0.1, 0.15) is 49.2 Å². The number of phosphoric acid groups is 3. The van der Waals surface area contributed by atoms with Crippen molar-refractivity contribution >= 4 is 23.5 Å². The Labute approximate surface area is 340 Å². The summed E-state index contributed by atoms with van der Waals surface area (Å²) >= 11 is 0. The summed E-state index contributed by atoms with van der Waals surface area (Å²) < 4.78 is 83.5. The van der Waals surface area contributed by atoms with Crippen LogP contribution in [0.15, 0.2) is 47.4 Å². The maximum atomic E-state index is 13.4. The number of nitrogens with zero attached hydrogens (tertiary/aromatic N) is 3. The zero-order valence-corrected chi connectivity index (χ0v) is 34.7. The van der Waals surface area contributed by atoms with Gasteiger partial charge >= 0.3 is 40.5 Å². The topological polar surface area (TPSA) is 391 Å². The molecule has 3 aromatic rings. The van der Waals surface area contributed by atoms with E-state index in [1.54, 1.807) is 0 Å². The van der Waals surface area contributed by atoms with Gasteiger partial charge in [-0.1, -0.05) is 0 Å². The van der Waals surface area contributed by atoms with Crippen LogP contribution >= 0.6 is 23.5 Å². The van der Waals surface area contributed by atoms with Crippen molar-refractivity contribution in [1.29, 1.82) is 0 Å². The van der Waals surface area contributed by atoms with Gasteiger partial charge in [-0.2, -0.15) is 0 Å². The molecule has 2 unspecified atom stereocenters. The number of aryl methyl sites for hydroxylation is 3. The number of aromatic amines is 3. The number of phosphoric ester groups is 3. The first-order valence-corrected chi connectivity index (χ1v) is 22.5. The number of aliphatic hydroxyl groups excluding tert-OH is 1. The smallest absolute Gasteiger partial charge is 0.390 e. The van der Waals surface area contributed by atoms with Crippen LogP contribution in [0.3, 0.4) is 0 Å². The van der Waals surface area contributed by atoms with Gasteiger partial charge in [0.05, 0.1) is 25.9 Å². The van der Waals surface area contributed by atoms with Crippen LogP contribution in [0.5, 0.6) is 0 Å². The van der Waals surface area contributed by atoms with Crippen molar-refractivity contribution in [3.8, 4) is 0 Å². The first kappa shape index (κ1) is 46.7. The van der Waals surface area contributed by atoms with E-state index in [0.717, 1.165) is 26.1 Å². The summed E-state index contributed by atoms with van der Waals surface area (Å²) in [5.41, 5.74) is -4.52. The molecule has 6 rings (SSSR count). The van der Waals surface area contributed by atoms with E-state index in [0.29, 0.717) is 0 Å². The molecule has 0 spiro atoms. The van der Waals surface area contributed by atoms with E-state index in [1.807, 2.05) is 4.98 Å². The Bertz CT molecular complexity index is 2630. The van der Waals surface area contributed by atoms with Gasteiger partial charge in [-0.25, -0.2) is 28.1 Å². The second kappa shape index (κ2) is 18.1. The fourth-order valence-corrected chi connectivity index (χ4v) is 8.87. The fourth-order valence-electron chi connectivity index (χ4n) is 6.61. The van der Waals surface area contributed by atoms with Crippen LogP contribution in [-0.2, 0) is 50.5 Å². The average molecular weight is 931 g/mol. The highest BCUT2D eigenvalue weighted by Gasteiger charge is 2.47. The Hall–Kier alpha value is -3.79. The number of hydrogen-bond acceptors (Lipinski definition) is 18. The van der Waals surface area contributed by atoms with Crippen LogP contribution in [0.1, 0.15) is 54.6 Å². The molecule has 3 aromatic heterocycles. The molecule has 3 aliphatic heterocycles. The number of hydrogen-bond donors (Lipinski definition) is 8. The van der Waals surface area contributed by atoms with E-state index in [9.17, 15) is 67.1 Å². The molecule has 338 valence electrons. The lowest BCUT2D eigenvalue weighted by Crippen LogP contribution is -2.33. The molecule has 11 atom stereocenters. The summed E-state index contributed by atoms with van der Waals surface area (Å²) in [6, 6.07) is 0. The number of H-pyrrole nitrogens is 3. The Kier molecular flexibility index (Phi) is 13.9. The number of rotatable bonds is 16. The Morgan fingerprint density at radius 1 is 0.574 bits per heavy atom. The van der Waals surface area contributed by atoms with Gasteiger partial charge in [0.15, 0.2) is 0 Å². The normalized spacial score (nSPS) is 28.8. The first-order valence-electron chi connectivity index (χ1n) is 18.0. The number of aromatic nitrogens is 6. The molecule has 0 aliphatic carbocycles. The molecule has 0 aromatic carbocycles. The predicted molar refractivity (Wildman–Crippen MR) is 199 cm³/mol. The fraction of sp³-hybridized carbons (Fsp3) is 0.600. The van der Waals surface area contributed by atoms with Gasteiger partial charge in [-0.3, -0.25) is 65.7 Å². The van der Waals surface area contributed by atoms with E-state index in [2.05, 4.69) is 14.5 Å². The minimum absolute atomic E-state index is 0.0613. The quantitative estimate of drug-likeness (QED) is 0.0713. The third-order valence-corrected chi connectivity index (χ3v) is 12.2. The van der Waals surface area contributed by atoms with E-state index in [4.69, 9.17) is 32.3 Å². The summed E-state index contributed by atoms with van der Waals surface area (Å²) in [7, 11) is -15.6. The van der Waals surface area contributed by atoms with Gasteiger partial charge in [0, 0.05) is 54.5 Å². The molecule has 3 aliphatic rings. The molecule has 28 nitrogen and oxygen atoms in total. The van der Waals surface area contributed by atoms with Crippen molar-refractivity contribution in [2.75, 3.05) is 19.8 Å². The number of ether oxygens (including phenoxy) is 3. The lowest BCUT2D eigenvalue weighted by atomic mass is 10.2. The van der Waals surface area contributed by atoms with Gasteiger partial charge in [0.25, 0.3) is 16.7 Å². The van der Waals surface area contributed by atoms with E-state index in [-0.39, 0.29) is 23.1 Å². The third kappa shape index (κ3) is 11.4. The maximum Gasteiger partial charge on any atom is 0.472 e. The molecule has 3 fully saturated rings. The molecular formula is C30H41N6O22P3. The Morgan fingerprint density at radius 3 is 1.28 bits per heavy atom. The molecule has 3 saturated heterocycles. The minimum Gasteiger partial charge on any atom is -0.390 e. The second-order valence-electron chi connectivity index (χ2n) is 14.2. The van der Waals surface area contributed by atoms with E-state index >= 15 is 0 Å². The average Bonchev–Trinajstić information content (AvgIpc) is 3.85. The minimum atomic E-state index is -5.29. The van der Waals surface area contributed by atoms with Crippen LogP contribution in [-0.4, -0.2) is 110 Å². The van der Waals surface area contributed by atoms with Crippen LogP contribution in [0.25, 0.3) is 0 Å². The molecule has 0 saturated carbocycles. The summed E-state index contributed by atoms with van der Waals surface area (Å²) in [5.74, 6) is 0. The van der Waals surface area contributed by atoms with Crippen molar-refractivity contribution in [2.45, 2.75) is 95.3 Å². The molecule has 0 amide bonds. The van der Waals surface area contributed by atoms with Crippen LogP contribution in [0.2, 0.25) is 0 Å². The van der Waals surface area contributed by atoms with E-state index in [1.165, 1.54) is 27.0 Å². The van der Waals surface area contributed by atoms with Crippen molar-refractivity contribution < 1.29 is 75.2 Å². The van der Waals surface area contributed by atoms with Gasteiger partial charge in [-0.05, 0) is 20.8 Å². The van der Waals surface area contributed by atoms with E-state index < -0.39 is 145 Å². The summed E-state index contributed by atoms with van der Waals surface area (Å²) in [5, 5.41) is 10.6. The molecule has 6 heterocycles. The monoisotopic (exact) mass is 930 g/mol. The highest BCUT2D eigenvalue weighted by Crippen LogP contribution is 2.52.